The molecule has 0 aliphatic rings. The van der Waals surface area contributed by atoms with Crippen LogP contribution in [0.25, 0.3) is 65.3 Å². The van der Waals surface area contributed by atoms with Gasteiger partial charge in [-0.2, -0.15) is 0 Å². The zero-order chi connectivity index (χ0) is 23.4. The standard InChI is InChI=1S/C34H21F/c35-26-18-15-23(16-19-26)33-29-9-3-5-11-31(29)34(32-12-6-4-10-30(32)33)25-17-20-28-24(21-25)14-13-22-7-1-2-8-27(22)28/h1-21H. The molecule has 0 unspecified atom stereocenters. The van der Waals surface area contributed by atoms with Crippen molar-refractivity contribution in [2.45, 2.75) is 0 Å². The fraction of sp³-hybridized carbons (Fsp3) is 0. The molecule has 1 heteroatoms. The molecule has 7 aromatic rings. The van der Waals surface area contributed by atoms with Gasteiger partial charge in [0.25, 0.3) is 0 Å². The van der Waals surface area contributed by atoms with E-state index in [2.05, 4.69) is 103 Å². The van der Waals surface area contributed by atoms with Crippen molar-refractivity contribution in [2.75, 3.05) is 0 Å². The Bertz CT molecular complexity index is 1840. The Kier molecular flexibility index (Phi) is 4.43. The lowest BCUT2D eigenvalue weighted by Crippen LogP contribution is -1.91. The van der Waals surface area contributed by atoms with Crippen molar-refractivity contribution in [1.29, 1.82) is 0 Å². The summed E-state index contributed by atoms with van der Waals surface area (Å²) in [6.45, 7) is 0. The maximum Gasteiger partial charge on any atom is 0.123 e. The predicted molar refractivity (Wildman–Crippen MR) is 147 cm³/mol. The molecular formula is C34H21F. The van der Waals surface area contributed by atoms with Gasteiger partial charge in [-0.3, -0.25) is 0 Å². The van der Waals surface area contributed by atoms with Crippen LogP contribution in [0.2, 0.25) is 0 Å². The van der Waals surface area contributed by atoms with Crippen LogP contribution in [-0.2, 0) is 0 Å². The first-order valence-corrected chi connectivity index (χ1v) is 11.9. The average Bonchev–Trinajstić information content (AvgIpc) is 2.92. The molecule has 0 fully saturated rings. The van der Waals surface area contributed by atoms with Crippen LogP contribution >= 0.6 is 0 Å². The first kappa shape index (κ1) is 19.9. The summed E-state index contributed by atoms with van der Waals surface area (Å²) in [5.74, 6) is -0.220. The highest BCUT2D eigenvalue weighted by atomic mass is 19.1. The Morgan fingerprint density at radius 2 is 0.800 bits per heavy atom. The number of rotatable bonds is 2. The molecule has 0 saturated carbocycles. The molecule has 0 amide bonds. The Labute approximate surface area is 202 Å². The van der Waals surface area contributed by atoms with Gasteiger partial charge in [-0.15, -0.1) is 0 Å². The van der Waals surface area contributed by atoms with Crippen LogP contribution in [0.3, 0.4) is 0 Å². The van der Waals surface area contributed by atoms with Crippen molar-refractivity contribution >= 4 is 43.1 Å². The van der Waals surface area contributed by atoms with Crippen molar-refractivity contribution in [3.05, 3.63) is 133 Å². The molecule has 7 aromatic carbocycles. The second kappa shape index (κ2) is 7.78. The number of benzene rings is 7. The third-order valence-electron chi connectivity index (χ3n) is 7.10. The lowest BCUT2D eigenvalue weighted by Gasteiger charge is -2.18. The monoisotopic (exact) mass is 448 g/mol. The number of hydrogen-bond donors (Lipinski definition) is 0. The largest absolute Gasteiger partial charge is 0.207 e. The summed E-state index contributed by atoms with van der Waals surface area (Å²) < 4.78 is 13.7. The van der Waals surface area contributed by atoms with E-state index < -0.39 is 0 Å². The van der Waals surface area contributed by atoms with Crippen LogP contribution in [0.15, 0.2) is 127 Å². The fourth-order valence-electron chi connectivity index (χ4n) is 5.54. The molecule has 0 nitrogen and oxygen atoms in total. The molecule has 35 heavy (non-hydrogen) atoms. The molecule has 7 rings (SSSR count). The van der Waals surface area contributed by atoms with E-state index in [0.717, 1.165) is 11.1 Å². The topological polar surface area (TPSA) is 0 Å². The normalized spacial score (nSPS) is 11.6. The molecule has 0 aliphatic carbocycles. The summed E-state index contributed by atoms with van der Waals surface area (Å²) in [6.07, 6.45) is 0. The minimum atomic E-state index is -0.220. The summed E-state index contributed by atoms with van der Waals surface area (Å²) >= 11 is 0. The van der Waals surface area contributed by atoms with Gasteiger partial charge in [-0.1, -0.05) is 109 Å². The van der Waals surface area contributed by atoms with E-state index in [1.807, 2.05) is 12.1 Å². The third kappa shape index (κ3) is 3.13. The highest BCUT2D eigenvalue weighted by Crippen LogP contribution is 2.44. The van der Waals surface area contributed by atoms with Crippen LogP contribution in [0.4, 0.5) is 4.39 Å². The SMILES string of the molecule is Fc1ccc(-c2c3ccccc3c(-c3ccc4c(ccc5ccccc54)c3)c3ccccc23)cc1. The summed E-state index contributed by atoms with van der Waals surface area (Å²) in [7, 11) is 0. The van der Waals surface area contributed by atoms with Gasteiger partial charge < -0.3 is 0 Å². The lowest BCUT2D eigenvalue weighted by atomic mass is 9.85. The van der Waals surface area contributed by atoms with Crippen LogP contribution in [0, 0.1) is 5.82 Å². The number of hydrogen-bond acceptors (Lipinski definition) is 0. The molecule has 164 valence electrons. The van der Waals surface area contributed by atoms with E-state index in [0.29, 0.717) is 0 Å². The van der Waals surface area contributed by atoms with Crippen molar-refractivity contribution in [1.82, 2.24) is 0 Å². The van der Waals surface area contributed by atoms with Crippen molar-refractivity contribution < 1.29 is 4.39 Å². The Hall–Kier alpha value is -4.49. The van der Waals surface area contributed by atoms with Gasteiger partial charge in [0.1, 0.15) is 5.82 Å². The highest BCUT2D eigenvalue weighted by Gasteiger charge is 2.16. The summed E-state index contributed by atoms with van der Waals surface area (Å²) in [4.78, 5) is 0. The molecule has 0 aliphatic heterocycles. The molecule has 0 aromatic heterocycles. The Morgan fingerprint density at radius 1 is 0.343 bits per heavy atom. The molecular weight excluding hydrogens is 427 g/mol. The van der Waals surface area contributed by atoms with E-state index in [-0.39, 0.29) is 5.82 Å². The predicted octanol–water partition coefficient (Wildman–Crippen LogP) is 9.77. The van der Waals surface area contributed by atoms with Crippen molar-refractivity contribution in [3.63, 3.8) is 0 Å². The number of fused-ring (bicyclic) bond motifs is 5. The third-order valence-corrected chi connectivity index (χ3v) is 7.10. The quantitative estimate of drug-likeness (QED) is 0.182. The van der Waals surface area contributed by atoms with Crippen LogP contribution in [0.1, 0.15) is 0 Å². The van der Waals surface area contributed by atoms with Gasteiger partial charge >= 0.3 is 0 Å². The maximum atomic E-state index is 13.7. The van der Waals surface area contributed by atoms with E-state index >= 15 is 0 Å². The minimum Gasteiger partial charge on any atom is -0.207 e. The van der Waals surface area contributed by atoms with Gasteiger partial charge in [0.15, 0.2) is 0 Å². The fourth-order valence-corrected chi connectivity index (χ4v) is 5.54. The molecule has 0 saturated heterocycles. The van der Waals surface area contributed by atoms with E-state index in [1.54, 1.807) is 12.1 Å². The van der Waals surface area contributed by atoms with E-state index in [1.165, 1.54) is 54.2 Å². The average molecular weight is 449 g/mol. The second-order valence-corrected chi connectivity index (χ2v) is 9.07. The zero-order valence-electron chi connectivity index (χ0n) is 19.0. The minimum absolute atomic E-state index is 0.220. The van der Waals surface area contributed by atoms with Gasteiger partial charge in [-0.25, -0.2) is 4.39 Å². The van der Waals surface area contributed by atoms with E-state index in [4.69, 9.17) is 0 Å². The van der Waals surface area contributed by atoms with E-state index in [9.17, 15) is 4.39 Å². The molecule has 0 atom stereocenters. The first-order valence-electron chi connectivity index (χ1n) is 11.9. The molecule has 0 radical (unpaired) electrons. The van der Waals surface area contributed by atoms with Gasteiger partial charge in [-0.05, 0) is 83.5 Å². The first-order chi connectivity index (χ1) is 17.3. The highest BCUT2D eigenvalue weighted by molar-refractivity contribution is 6.22. The molecule has 0 spiro atoms. The molecule has 0 N–H and O–H groups in total. The van der Waals surface area contributed by atoms with Gasteiger partial charge in [0, 0.05) is 0 Å². The van der Waals surface area contributed by atoms with Crippen molar-refractivity contribution in [2.24, 2.45) is 0 Å². The Balaban J connectivity index is 1.58. The van der Waals surface area contributed by atoms with Crippen LogP contribution < -0.4 is 0 Å². The maximum absolute atomic E-state index is 13.7. The zero-order valence-corrected chi connectivity index (χ0v) is 19.0. The summed E-state index contributed by atoms with van der Waals surface area (Å²) in [6, 6.07) is 43.8. The van der Waals surface area contributed by atoms with Crippen LogP contribution in [0.5, 0.6) is 0 Å². The summed E-state index contributed by atoms with van der Waals surface area (Å²) in [5.41, 5.74) is 4.60. The molecule has 0 heterocycles. The van der Waals surface area contributed by atoms with Crippen LogP contribution in [-0.4, -0.2) is 0 Å². The van der Waals surface area contributed by atoms with Crippen molar-refractivity contribution in [3.8, 4) is 22.3 Å². The number of halogens is 1. The second-order valence-electron chi connectivity index (χ2n) is 9.07. The van der Waals surface area contributed by atoms with Gasteiger partial charge in [0.05, 0.1) is 0 Å². The Morgan fingerprint density at radius 3 is 1.43 bits per heavy atom. The smallest absolute Gasteiger partial charge is 0.123 e. The molecule has 0 bridgehead atoms. The summed E-state index contributed by atoms with van der Waals surface area (Å²) in [5, 5.41) is 9.78. The van der Waals surface area contributed by atoms with Gasteiger partial charge in [0.2, 0.25) is 0 Å². The lowest BCUT2D eigenvalue weighted by molar-refractivity contribution is 0.628.